The lowest BCUT2D eigenvalue weighted by Gasteiger charge is -2.24. The molecule has 2 aromatic rings. The average molecular weight is 289 g/mol. The van der Waals surface area contributed by atoms with Crippen molar-refractivity contribution in [3.8, 4) is 0 Å². The summed E-state index contributed by atoms with van der Waals surface area (Å²) in [4.78, 5) is 9.45. The molecule has 0 N–H and O–H groups in total. The molecule has 1 unspecified atom stereocenters. The number of nitrogens with zero attached hydrogens (tertiary/aromatic N) is 3. The topological polar surface area (TPSA) is 39.9 Å². The molecule has 2 aliphatic heterocycles. The van der Waals surface area contributed by atoms with Crippen LogP contribution in [-0.2, 0) is 4.74 Å². The van der Waals surface area contributed by atoms with Gasteiger partial charge in [0, 0.05) is 18.7 Å². The van der Waals surface area contributed by atoms with Gasteiger partial charge in [-0.05, 0) is 49.3 Å². The van der Waals surface area contributed by atoms with E-state index in [0.717, 1.165) is 30.6 Å². The molecule has 2 fully saturated rings. The van der Waals surface area contributed by atoms with Crippen LogP contribution >= 0.6 is 11.8 Å². The van der Waals surface area contributed by atoms with Crippen LogP contribution in [0.4, 0.5) is 0 Å². The Bertz CT molecular complexity index is 600. The molecule has 106 valence electrons. The molecule has 0 spiro atoms. The summed E-state index contributed by atoms with van der Waals surface area (Å²) in [6.45, 7) is 0.858. The molecule has 0 aliphatic carbocycles. The second-order valence-corrected chi connectivity index (χ2v) is 6.77. The molecule has 0 aromatic carbocycles. The Hall–Kier alpha value is -1.07. The van der Waals surface area contributed by atoms with Gasteiger partial charge in [0.25, 0.3) is 0 Å². The van der Waals surface area contributed by atoms with Gasteiger partial charge in [-0.15, -0.1) is 0 Å². The smallest absolute Gasteiger partial charge is 0.162 e. The van der Waals surface area contributed by atoms with E-state index in [0.29, 0.717) is 5.92 Å². The maximum absolute atomic E-state index is 5.91. The summed E-state index contributed by atoms with van der Waals surface area (Å²) in [7, 11) is 0. The fourth-order valence-electron chi connectivity index (χ4n) is 3.24. The lowest BCUT2D eigenvalue weighted by atomic mass is 10.0. The molecule has 0 saturated carbocycles. The summed E-state index contributed by atoms with van der Waals surface area (Å²) in [6, 6.07) is 4.03. The van der Waals surface area contributed by atoms with Crippen LogP contribution in [0.1, 0.15) is 43.7 Å². The van der Waals surface area contributed by atoms with Crippen LogP contribution in [0.2, 0.25) is 0 Å². The normalized spacial score (nSPS) is 24.5. The summed E-state index contributed by atoms with van der Waals surface area (Å²) in [5.41, 5.74) is 2.00. The van der Waals surface area contributed by atoms with E-state index in [9.17, 15) is 0 Å². The Morgan fingerprint density at radius 1 is 1.25 bits per heavy atom. The van der Waals surface area contributed by atoms with Gasteiger partial charge in [0.1, 0.15) is 17.6 Å². The molecule has 0 amide bonds. The first kappa shape index (κ1) is 12.7. The van der Waals surface area contributed by atoms with E-state index >= 15 is 0 Å². The van der Waals surface area contributed by atoms with Crippen LogP contribution in [0.25, 0.3) is 11.2 Å². The highest BCUT2D eigenvalue weighted by Gasteiger charge is 2.28. The number of hydrogen-bond acceptors (Lipinski definition) is 4. The second kappa shape index (κ2) is 5.37. The number of rotatable bonds is 2. The Morgan fingerprint density at radius 3 is 2.95 bits per heavy atom. The third kappa shape index (κ3) is 2.13. The number of fused-ring (bicyclic) bond motifs is 1. The number of ether oxygens (including phenoxy) is 1. The maximum atomic E-state index is 5.91. The summed E-state index contributed by atoms with van der Waals surface area (Å²) >= 11 is 2.05. The minimum Gasteiger partial charge on any atom is -0.358 e. The van der Waals surface area contributed by atoms with Gasteiger partial charge in [0.2, 0.25) is 0 Å². The van der Waals surface area contributed by atoms with E-state index in [1.807, 2.05) is 12.3 Å². The van der Waals surface area contributed by atoms with Crippen LogP contribution in [0.3, 0.4) is 0 Å². The molecule has 5 heteroatoms. The number of imidazole rings is 1. The van der Waals surface area contributed by atoms with Crippen LogP contribution < -0.4 is 0 Å². The predicted molar refractivity (Wildman–Crippen MR) is 81.1 cm³/mol. The van der Waals surface area contributed by atoms with Gasteiger partial charge in [0.15, 0.2) is 5.65 Å². The van der Waals surface area contributed by atoms with Crippen molar-refractivity contribution in [1.82, 2.24) is 14.5 Å². The van der Waals surface area contributed by atoms with Crippen molar-refractivity contribution in [3.63, 3.8) is 0 Å². The highest BCUT2D eigenvalue weighted by Crippen LogP contribution is 2.36. The van der Waals surface area contributed by atoms with Crippen molar-refractivity contribution < 1.29 is 4.74 Å². The zero-order chi connectivity index (χ0) is 13.4. The van der Waals surface area contributed by atoms with Crippen molar-refractivity contribution in [3.05, 3.63) is 24.2 Å². The van der Waals surface area contributed by atoms with E-state index in [1.165, 1.54) is 30.2 Å². The first-order valence-corrected chi connectivity index (χ1v) is 8.61. The Kier molecular flexibility index (Phi) is 3.40. The van der Waals surface area contributed by atoms with Gasteiger partial charge in [-0.3, -0.25) is 4.57 Å². The molecule has 2 aliphatic rings. The molecular formula is C15H19N3OS. The standard InChI is InChI=1S/C15H19N3OS/c1-3-12-15(16-7-1)18(13-4-2-8-19-13)14(17-12)11-5-9-20-10-6-11/h1,3,7,11,13H,2,4-6,8-10H2. The van der Waals surface area contributed by atoms with Gasteiger partial charge in [-0.25, -0.2) is 9.97 Å². The molecular weight excluding hydrogens is 270 g/mol. The van der Waals surface area contributed by atoms with Crippen molar-refractivity contribution in [1.29, 1.82) is 0 Å². The number of thioether (sulfide) groups is 1. The third-order valence-corrected chi connectivity index (χ3v) is 5.30. The summed E-state index contributed by atoms with van der Waals surface area (Å²) < 4.78 is 8.20. The monoisotopic (exact) mass is 289 g/mol. The minimum atomic E-state index is 0.138. The summed E-state index contributed by atoms with van der Waals surface area (Å²) in [5, 5.41) is 0. The van der Waals surface area contributed by atoms with Crippen molar-refractivity contribution in [2.24, 2.45) is 0 Å². The highest BCUT2D eigenvalue weighted by atomic mass is 32.2. The predicted octanol–water partition coefficient (Wildman–Crippen LogP) is 3.35. The molecule has 0 bridgehead atoms. The molecule has 2 saturated heterocycles. The molecule has 20 heavy (non-hydrogen) atoms. The SMILES string of the molecule is c1cnc2c(c1)nc(C1CCSCC1)n2C1CCCO1. The van der Waals surface area contributed by atoms with Crippen molar-refractivity contribution in [2.45, 2.75) is 37.8 Å². The van der Waals surface area contributed by atoms with Gasteiger partial charge in [-0.1, -0.05) is 0 Å². The lowest BCUT2D eigenvalue weighted by molar-refractivity contribution is 0.0560. The van der Waals surface area contributed by atoms with E-state index < -0.39 is 0 Å². The fraction of sp³-hybridized carbons (Fsp3) is 0.600. The molecule has 0 radical (unpaired) electrons. The Morgan fingerprint density at radius 2 is 2.15 bits per heavy atom. The van der Waals surface area contributed by atoms with E-state index in [-0.39, 0.29) is 6.23 Å². The van der Waals surface area contributed by atoms with Crippen molar-refractivity contribution in [2.75, 3.05) is 18.1 Å². The van der Waals surface area contributed by atoms with Crippen LogP contribution in [-0.4, -0.2) is 32.6 Å². The minimum absolute atomic E-state index is 0.138. The number of aromatic nitrogens is 3. The van der Waals surface area contributed by atoms with Crippen LogP contribution in [0.15, 0.2) is 18.3 Å². The van der Waals surface area contributed by atoms with E-state index in [2.05, 4.69) is 27.4 Å². The molecule has 4 rings (SSSR count). The van der Waals surface area contributed by atoms with Gasteiger partial charge in [0.05, 0.1) is 0 Å². The zero-order valence-corrected chi connectivity index (χ0v) is 12.3. The lowest BCUT2D eigenvalue weighted by Crippen LogP contribution is -2.17. The largest absolute Gasteiger partial charge is 0.358 e. The Balaban J connectivity index is 1.82. The molecule has 4 heterocycles. The van der Waals surface area contributed by atoms with Gasteiger partial charge < -0.3 is 4.74 Å². The van der Waals surface area contributed by atoms with Gasteiger partial charge in [-0.2, -0.15) is 11.8 Å². The average Bonchev–Trinajstić information content (AvgIpc) is 3.14. The Labute approximate surface area is 122 Å². The molecule has 4 nitrogen and oxygen atoms in total. The van der Waals surface area contributed by atoms with Crippen LogP contribution in [0.5, 0.6) is 0 Å². The van der Waals surface area contributed by atoms with E-state index in [1.54, 1.807) is 0 Å². The number of pyridine rings is 1. The van der Waals surface area contributed by atoms with Crippen LogP contribution in [0, 0.1) is 0 Å². The highest BCUT2D eigenvalue weighted by molar-refractivity contribution is 7.99. The maximum Gasteiger partial charge on any atom is 0.162 e. The third-order valence-electron chi connectivity index (χ3n) is 4.26. The molecule has 1 atom stereocenters. The van der Waals surface area contributed by atoms with Crippen molar-refractivity contribution >= 4 is 22.9 Å². The summed E-state index contributed by atoms with van der Waals surface area (Å²) in [5.74, 6) is 4.25. The first-order valence-electron chi connectivity index (χ1n) is 7.45. The first-order chi connectivity index (χ1) is 9.93. The fourth-order valence-corrected chi connectivity index (χ4v) is 4.35. The summed E-state index contributed by atoms with van der Waals surface area (Å²) in [6.07, 6.45) is 6.66. The van der Waals surface area contributed by atoms with E-state index in [4.69, 9.17) is 9.72 Å². The second-order valence-electron chi connectivity index (χ2n) is 5.54. The quantitative estimate of drug-likeness (QED) is 0.850. The zero-order valence-electron chi connectivity index (χ0n) is 11.5. The molecule has 2 aromatic heterocycles. The van der Waals surface area contributed by atoms with Gasteiger partial charge >= 0.3 is 0 Å². The number of hydrogen-bond donors (Lipinski definition) is 0.